The third-order valence-electron chi connectivity index (χ3n) is 3.87. The van der Waals surface area contributed by atoms with E-state index in [0.717, 1.165) is 17.0 Å². The Morgan fingerprint density at radius 2 is 1.96 bits per heavy atom. The number of amides is 1. The molecule has 0 saturated carbocycles. The van der Waals surface area contributed by atoms with Crippen molar-refractivity contribution in [3.8, 4) is 0 Å². The number of nitrogens with zero attached hydrogens (tertiary/aromatic N) is 5. The molecular weight excluding hydrogens is 334 g/mol. The van der Waals surface area contributed by atoms with Crippen LogP contribution in [-0.2, 0) is 11.3 Å². The number of carbonyl (C=O) groups excluding carboxylic acids is 1. The largest absolute Gasteiger partial charge is 0.340 e. The number of benzene rings is 1. The standard InChI is InChI=1S/C18H21N5OS/c1-12-10-13(2)23-17(19-12)20-18(21-23)25-14(3)16(24)22(4)11-15-8-6-5-7-9-15/h5-10,14H,11H2,1-4H3. The molecule has 0 aliphatic rings. The summed E-state index contributed by atoms with van der Waals surface area (Å²) in [4.78, 5) is 23.2. The number of carbonyl (C=O) groups is 1. The number of hydrogen-bond donors (Lipinski definition) is 0. The van der Waals surface area contributed by atoms with Gasteiger partial charge in [0.15, 0.2) is 0 Å². The molecule has 0 N–H and O–H groups in total. The summed E-state index contributed by atoms with van der Waals surface area (Å²) in [6.45, 7) is 6.36. The van der Waals surface area contributed by atoms with Crippen LogP contribution >= 0.6 is 11.8 Å². The van der Waals surface area contributed by atoms with E-state index in [-0.39, 0.29) is 11.2 Å². The van der Waals surface area contributed by atoms with E-state index in [4.69, 9.17) is 0 Å². The lowest BCUT2D eigenvalue weighted by molar-refractivity contribution is -0.129. The van der Waals surface area contributed by atoms with Crippen molar-refractivity contribution in [2.45, 2.75) is 37.7 Å². The number of aryl methyl sites for hydroxylation is 2. The van der Waals surface area contributed by atoms with E-state index in [1.54, 1.807) is 9.42 Å². The summed E-state index contributed by atoms with van der Waals surface area (Å²) in [5.74, 6) is 0.617. The van der Waals surface area contributed by atoms with Gasteiger partial charge in [0, 0.05) is 25.0 Å². The Kier molecular flexibility index (Phi) is 5.03. The van der Waals surface area contributed by atoms with E-state index >= 15 is 0 Å². The molecule has 1 aromatic carbocycles. The monoisotopic (exact) mass is 355 g/mol. The lowest BCUT2D eigenvalue weighted by Crippen LogP contribution is -2.32. The second kappa shape index (κ2) is 7.23. The van der Waals surface area contributed by atoms with Crippen LogP contribution in [0.25, 0.3) is 5.78 Å². The first-order valence-electron chi connectivity index (χ1n) is 8.10. The molecule has 3 aromatic rings. The fourth-order valence-corrected chi connectivity index (χ4v) is 3.51. The SMILES string of the molecule is Cc1cc(C)n2nc(SC(C)C(=O)N(C)Cc3ccccc3)nc2n1. The Morgan fingerprint density at radius 1 is 1.24 bits per heavy atom. The van der Waals surface area contributed by atoms with Gasteiger partial charge in [-0.1, -0.05) is 42.1 Å². The maximum atomic E-state index is 12.6. The number of fused-ring (bicyclic) bond motifs is 1. The van der Waals surface area contributed by atoms with Crippen molar-refractivity contribution in [3.05, 3.63) is 53.3 Å². The zero-order chi connectivity index (χ0) is 18.0. The molecule has 2 heterocycles. The summed E-state index contributed by atoms with van der Waals surface area (Å²) in [7, 11) is 1.82. The zero-order valence-corrected chi connectivity index (χ0v) is 15.6. The van der Waals surface area contributed by atoms with Crippen molar-refractivity contribution in [3.63, 3.8) is 0 Å². The molecule has 2 aromatic heterocycles. The highest BCUT2D eigenvalue weighted by Gasteiger charge is 2.21. The highest BCUT2D eigenvalue weighted by atomic mass is 32.2. The Hall–Kier alpha value is -2.41. The van der Waals surface area contributed by atoms with Crippen molar-refractivity contribution in [1.29, 1.82) is 0 Å². The number of rotatable bonds is 5. The quantitative estimate of drug-likeness (QED) is 0.659. The predicted octanol–water partition coefficient (Wildman–Crippen LogP) is 2.88. The summed E-state index contributed by atoms with van der Waals surface area (Å²) in [6, 6.07) is 11.9. The average molecular weight is 355 g/mol. The Bertz CT molecular complexity index is 893. The van der Waals surface area contributed by atoms with E-state index in [1.807, 2.05) is 64.2 Å². The first-order valence-corrected chi connectivity index (χ1v) is 8.98. The van der Waals surface area contributed by atoms with Crippen molar-refractivity contribution in [2.75, 3.05) is 7.05 Å². The first-order chi connectivity index (χ1) is 11.9. The maximum absolute atomic E-state index is 12.6. The molecule has 6 nitrogen and oxygen atoms in total. The molecule has 7 heteroatoms. The third-order valence-corrected chi connectivity index (χ3v) is 4.81. The summed E-state index contributed by atoms with van der Waals surface area (Å²) >= 11 is 1.36. The summed E-state index contributed by atoms with van der Waals surface area (Å²) < 4.78 is 1.71. The third kappa shape index (κ3) is 3.99. The van der Waals surface area contributed by atoms with Crippen molar-refractivity contribution in [1.82, 2.24) is 24.5 Å². The molecule has 0 aliphatic carbocycles. The maximum Gasteiger partial charge on any atom is 0.253 e. The van der Waals surface area contributed by atoms with Crippen LogP contribution in [0, 0.1) is 13.8 Å². The molecule has 1 amide bonds. The minimum atomic E-state index is -0.271. The van der Waals surface area contributed by atoms with Crippen LogP contribution in [0.2, 0.25) is 0 Å². The summed E-state index contributed by atoms with van der Waals surface area (Å²) in [5.41, 5.74) is 2.99. The molecule has 0 saturated heterocycles. The van der Waals surface area contributed by atoms with Crippen molar-refractivity contribution >= 4 is 23.4 Å². The molecule has 25 heavy (non-hydrogen) atoms. The van der Waals surface area contributed by atoms with E-state index in [1.165, 1.54) is 11.8 Å². The molecular formula is C18H21N5OS. The second-order valence-corrected chi connectivity index (χ2v) is 7.39. The average Bonchev–Trinajstić information content (AvgIpc) is 2.97. The molecule has 130 valence electrons. The molecule has 0 fully saturated rings. The smallest absolute Gasteiger partial charge is 0.253 e. The molecule has 0 bridgehead atoms. The van der Waals surface area contributed by atoms with Gasteiger partial charge in [-0.3, -0.25) is 4.79 Å². The van der Waals surface area contributed by atoms with E-state index < -0.39 is 0 Å². The van der Waals surface area contributed by atoms with Crippen LogP contribution in [-0.4, -0.2) is 42.7 Å². The highest BCUT2D eigenvalue weighted by Crippen LogP contribution is 2.22. The van der Waals surface area contributed by atoms with Gasteiger partial charge in [0.1, 0.15) is 0 Å². The van der Waals surface area contributed by atoms with Crippen molar-refractivity contribution in [2.24, 2.45) is 0 Å². The number of hydrogen-bond acceptors (Lipinski definition) is 5. The van der Waals surface area contributed by atoms with Crippen LogP contribution in [0.3, 0.4) is 0 Å². The molecule has 3 rings (SSSR count). The van der Waals surface area contributed by atoms with Crippen LogP contribution in [0.15, 0.2) is 41.6 Å². The van der Waals surface area contributed by atoms with Gasteiger partial charge in [0.2, 0.25) is 11.1 Å². The highest BCUT2D eigenvalue weighted by molar-refractivity contribution is 8.00. The van der Waals surface area contributed by atoms with Crippen LogP contribution < -0.4 is 0 Å². The van der Waals surface area contributed by atoms with Gasteiger partial charge in [-0.15, -0.1) is 5.10 Å². The fourth-order valence-electron chi connectivity index (χ4n) is 2.65. The van der Waals surface area contributed by atoms with Crippen LogP contribution in [0.5, 0.6) is 0 Å². The number of thioether (sulfide) groups is 1. The van der Waals surface area contributed by atoms with Crippen molar-refractivity contribution < 1.29 is 4.79 Å². The van der Waals surface area contributed by atoms with Gasteiger partial charge in [0.25, 0.3) is 5.78 Å². The van der Waals surface area contributed by atoms with Gasteiger partial charge in [-0.05, 0) is 32.4 Å². The van der Waals surface area contributed by atoms with Gasteiger partial charge >= 0.3 is 0 Å². The van der Waals surface area contributed by atoms with E-state index in [9.17, 15) is 4.79 Å². The van der Waals surface area contributed by atoms with Gasteiger partial charge < -0.3 is 4.90 Å². The summed E-state index contributed by atoms with van der Waals surface area (Å²) in [5, 5.41) is 4.75. The molecule has 0 radical (unpaired) electrons. The lowest BCUT2D eigenvalue weighted by atomic mass is 10.2. The van der Waals surface area contributed by atoms with E-state index in [0.29, 0.717) is 17.5 Å². The normalized spacial score (nSPS) is 12.3. The molecule has 0 aliphatic heterocycles. The van der Waals surface area contributed by atoms with Crippen LogP contribution in [0.1, 0.15) is 23.9 Å². The minimum Gasteiger partial charge on any atom is -0.340 e. The number of aromatic nitrogens is 4. The minimum absolute atomic E-state index is 0.0496. The Labute approximate surface area is 151 Å². The van der Waals surface area contributed by atoms with Crippen LogP contribution in [0.4, 0.5) is 0 Å². The van der Waals surface area contributed by atoms with E-state index in [2.05, 4.69) is 15.1 Å². The Balaban J connectivity index is 1.70. The lowest BCUT2D eigenvalue weighted by Gasteiger charge is -2.20. The Morgan fingerprint density at radius 3 is 2.68 bits per heavy atom. The molecule has 0 spiro atoms. The molecule has 1 unspecified atom stereocenters. The molecule has 1 atom stereocenters. The van der Waals surface area contributed by atoms with Gasteiger partial charge in [-0.25, -0.2) is 9.50 Å². The first kappa shape index (κ1) is 17.4. The summed E-state index contributed by atoms with van der Waals surface area (Å²) in [6.07, 6.45) is 0. The second-order valence-electron chi connectivity index (χ2n) is 6.09. The zero-order valence-electron chi connectivity index (χ0n) is 14.8. The predicted molar refractivity (Wildman–Crippen MR) is 98.5 cm³/mol. The van der Waals surface area contributed by atoms with Gasteiger partial charge in [-0.2, -0.15) is 4.98 Å². The topological polar surface area (TPSA) is 63.4 Å². The fraction of sp³-hybridized carbons (Fsp3) is 0.333. The van der Waals surface area contributed by atoms with Gasteiger partial charge in [0.05, 0.1) is 5.25 Å².